The van der Waals surface area contributed by atoms with E-state index in [-0.39, 0.29) is 0 Å². The summed E-state index contributed by atoms with van der Waals surface area (Å²) in [5.74, 6) is 0. The van der Waals surface area contributed by atoms with Gasteiger partial charge in [-0.2, -0.15) is 0 Å². The maximum Gasteiger partial charge on any atom is 0.0412 e. The molecule has 0 bridgehead atoms. The summed E-state index contributed by atoms with van der Waals surface area (Å²) in [7, 11) is 0. The van der Waals surface area contributed by atoms with Gasteiger partial charge in [0.05, 0.1) is 0 Å². The summed E-state index contributed by atoms with van der Waals surface area (Å²) in [6.07, 6.45) is 0. The molecular weight excluding hydrogens is 156 g/mol. The van der Waals surface area contributed by atoms with Crippen LogP contribution in [-0.4, -0.2) is 0 Å². The number of hydrogen-bond donors (Lipinski definition) is 0. The molecule has 0 spiro atoms. The Labute approximate surface area is 70.4 Å². The molecule has 0 N–H and O–H groups in total. The third kappa shape index (κ3) is 1.22. The third-order valence-corrected chi connectivity index (χ3v) is 1.80. The van der Waals surface area contributed by atoms with Gasteiger partial charge in [0.15, 0.2) is 0 Å². The zero-order valence-corrected chi connectivity index (χ0v) is 6.52. The second-order valence-corrected chi connectivity index (χ2v) is 2.77. The lowest BCUT2D eigenvalue weighted by atomic mass is 10.1. The number of rotatable bonds is 0. The SMILES string of the molecule is Clc1ccc2[c][c]ccc2c1. The fourth-order valence-electron chi connectivity index (χ4n) is 1.04. The standard InChI is InChI=1S/C10H5Cl/c11-10-6-5-8-3-1-2-4-9(8)7-10/h2,4-7H. The van der Waals surface area contributed by atoms with Gasteiger partial charge in [-0.25, -0.2) is 0 Å². The van der Waals surface area contributed by atoms with Crippen molar-refractivity contribution in [1.29, 1.82) is 0 Å². The molecule has 0 aromatic heterocycles. The molecular formula is C10H5Cl. The molecule has 0 saturated heterocycles. The fourth-order valence-corrected chi connectivity index (χ4v) is 1.22. The van der Waals surface area contributed by atoms with E-state index in [2.05, 4.69) is 12.1 Å². The monoisotopic (exact) mass is 160 g/mol. The van der Waals surface area contributed by atoms with E-state index in [4.69, 9.17) is 11.6 Å². The highest BCUT2D eigenvalue weighted by atomic mass is 35.5. The molecule has 2 radical (unpaired) electrons. The Balaban J connectivity index is 2.83. The quantitative estimate of drug-likeness (QED) is 0.556. The molecule has 0 nitrogen and oxygen atoms in total. The van der Waals surface area contributed by atoms with E-state index in [1.165, 1.54) is 0 Å². The van der Waals surface area contributed by atoms with E-state index in [0.717, 1.165) is 15.8 Å². The van der Waals surface area contributed by atoms with Crippen molar-refractivity contribution in [3.8, 4) is 0 Å². The Hall–Kier alpha value is -1.01. The van der Waals surface area contributed by atoms with Crippen molar-refractivity contribution in [2.75, 3.05) is 0 Å². The van der Waals surface area contributed by atoms with Gasteiger partial charge < -0.3 is 0 Å². The van der Waals surface area contributed by atoms with Crippen LogP contribution in [0.4, 0.5) is 0 Å². The van der Waals surface area contributed by atoms with E-state index in [9.17, 15) is 0 Å². The van der Waals surface area contributed by atoms with Crippen LogP contribution >= 0.6 is 11.6 Å². The van der Waals surface area contributed by atoms with Gasteiger partial charge >= 0.3 is 0 Å². The van der Waals surface area contributed by atoms with Gasteiger partial charge in [0.25, 0.3) is 0 Å². The first-order valence-corrected chi connectivity index (χ1v) is 3.72. The number of fused-ring (bicyclic) bond motifs is 1. The molecule has 0 aliphatic heterocycles. The molecule has 11 heavy (non-hydrogen) atoms. The van der Waals surface area contributed by atoms with Gasteiger partial charge in [-0.05, 0) is 35.0 Å². The second-order valence-electron chi connectivity index (χ2n) is 2.33. The van der Waals surface area contributed by atoms with Crippen LogP contribution in [-0.2, 0) is 0 Å². The highest BCUT2D eigenvalue weighted by molar-refractivity contribution is 6.31. The first kappa shape index (κ1) is 6.68. The fraction of sp³-hybridized carbons (Fsp3) is 0. The predicted molar refractivity (Wildman–Crippen MR) is 46.6 cm³/mol. The molecule has 2 aromatic rings. The lowest BCUT2D eigenvalue weighted by Gasteiger charge is -1.94. The molecule has 1 heteroatoms. The molecule has 0 unspecified atom stereocenters. The molecule has 0 aliphatic carbocycles. The minimum Gasteiger partial charge on any atom is -0.0843 e. The van der Waals surface area contributed by atoms with Crippen molar-refractivity contribution < 1.29 is 0 Å². The summed E-state index contributed by atoms with van der Waals surface area (Å²) >= 11 is 5.79. The number of halogens is 1. The Morgan fingerprint density at radius 3 is 3.00 bits per heavy atom. The summed E-state index contributed by atoms with van der Waals surface area (Å²) in [5, 5.41) is 2.92. The number of hydrogen-bond acceptors (Lipinski definition) is 0. The minimum absolute atomic E-state index is 0.761. The average molecular weight is 161 g/mol. The maximum absolute atomic E-state index is 5.79. The van der Waals surface area contributed by atoms with Crippen LogP contribution in [0.25, 0.3) is 10.8 Å². The van der Waals surface area contributed by atoms with Crippen molar-refractivity contribution in [2.24, 2.45) is 0 Å². The summed E-state index contributed by atoms with van der Waals surface area (Å²) in [6.45, 7) is 0. The van der Waals surface area contributed by atoms with Crippen LogP contribution in [0.3, 0.4) is 0 Å². The van der Waals surface area contributed by atoms with E-state index in [1.54, 1.807) is 0 Å². The van der Waals surface area contributed by atoms with Crippen LogP contribution in [0.2, 0.25) is 5.02 Å². The van der Waals surface area contributed by atoms with E-state index >= 15 is 0 Å². The molecule has 0 heterocycles. The van der Waals surface area contributed by atoms with Crippen LogP contribution in [0, 0.1) is 12.1 Å². The minimum atomic E-state index is 0.761. The normalized spacial score (nSPS) is 10.3. The summed E-state index contributed by atoms with van der Waals surface area (Å²) in [6, 6.07) is 15.4. The molecule has 2 aromatic carbocycles. The van der Waals surface area contributed by atoms with Gasteiger partial charge in [-0.3, -0.25) is 0 Å². The average Bonchev–Trinajstić information content (AvgIpc) is 2.04. The second kappa shape index (κ2) is 2.55. The zero-order chi connectivity index (χ0) is 7.68. The summed E-state index contributed by atoms with van der Waals surface area (Å²) in [5.41, 5.74) is 0. The molecule has 0 atom stereocenters. The van der Waals surface area contributed by atoms with Gasteiger partial charge in [-0.1, -0.05) is 29.8 Å². The van der Waals surface area contributed by atoms with Crippen molar-refractivity contribution in [3.63, 3.8) is 0 Å². The molecule has 2 rings (SSSR count). The molecule has 52 valence electrons. The smallest absolute Gasteiger partial charge is 0.0412 e. The topological polar surface area (TPSA) is 0 Å². The van der Waals surface area contributed by atoms with Crippen LogP contribution in [0.15, 0.2) is 30.3 Å². The first-order chi connectivity index (χ1) is 5.36. The predicted octanol–water partition coefficient (Wildman–Crippen LogP) is 3.09. The molecule has 0 amide bonds. The van der Waals surface area contributed by atoms with Crippen molar-refractivity contribution in [2.45, 2.75) is 0 Å². The highest BCUT2D eigenvalue weighted by Gasteiger charge is 1.91. The van der Waals surface area contributed by atoms with Gasteiger partial charge in [0.1, 0.15) is 0 Å². The van der Waals surface area contributed by atoms with E-state index in [1.807, 2.05) is 30.3 Å². The van der Waals surface area contributed by atoms with Gasteiger partial charge in [0.2, 0.25) is 0 Å². The highest BCUT2D eigenvalue weighted by Crippen LogP contribution is 2.17. The third-order valence-electron chi connectivity index (χ3n) is 1.57. The van der Waals surface area contributed by atoms with Gasteiger partial charge in [0, 0.05) is 5.02 Å². The lowest BCUT2D eigenvalue weighted by Crippen LogP contribution is -1.70. The Morgan fingerprint density at radius 1 is 1.18 bits per heavy atom. The Kier molecular flexibility index (Phi) is 1.55. The first-order valence-electron chi connectivity index (χ1n) is 3.34. The molecule has 0 fully saturated rings. The number of benzene rings is 2. The largest absolute Gasteiger partial charge is 0.0843 e. The summed E-state index contributed by atoms with van der Waals surface area (Å²) < 4.78 is 0. The Morgan fingerprint density at radius 2 is 2.09 bits per heavy atom. The van der Waals surface area contributed by atoms with Crippen molar-refractivity contribution in [1.82, 2.24) is 0 Å². The van der Waals surface area contributed by atoms with Crippen molar-refractivity contribution in [3.05, 3.63) is 47.5 Å². The molecule has 0 aliphatic rings. The lowest BCUT2D eigenvalue weighted by molar-refractivity contribution is 1.72. The molecule has 0 saturated carbocycles. The van der Waals surface area contributed by atoms with Gasteiger partial charge in [-0.15, -0.1) is 0 Å². The Bertz CT molecular complexity index is 379. The van der Waals surface area contributed by atoms with E-state index in [0.29, 0.717) is 0 Å². The summed E-state index contributed by atoms with van der Waals surface area (Å²) in [4.78, 5) is 0. The van der Waals surface area contributed by atoms with E-state index < -0.39 is 0 Å². The maximum atomic E-state index is 5.79. The van der Waals surface area contributed by atoms with Crippen LogP contribution < -0.4 is 0 Å². The van der Waals surface area contributed by atoms with Crippen LogP contribution in [0.1, 0.15) is 0 Å². The van der Waals surface area contributed by atoms with Crippen molar-refractivity contribution >= 4 is 22.4 Å². The van der Waals surface area contributed by atoms with Crippen LogP contribution in [0.5, 0.6) is 0 Å². The zero-order valence-electron chi connectivity index (χ0n) is 5.76.